The van der Waals surface area contributed by atoms with Crippen molar-refractivity contribution >= 4 is 11.6 Å². The Morgan fingerprint density at radius 3 is 2.67 bits per heavy atom. The third-order valence-electron chi connectivity index (χ3n) is 3.43. The number of rotatable bonds is 4. The van der Waals surface area contributed by atoms with Crippen molar-refractivity contribution in [2.75, 3.05) is 7.11 Å². The first-order valence-corrected chi connectivity index (χ1v) is 6.73. The Kier molecular flexibility index (Phi) is 6.83. The van der Waals surface area contributed by atoms with Gasteiger partial charge in [-0.05, 0) is 31.0 Å². The quantitative estimate of drug-likeness (QED) is 0.884. The highest BCUT2D eigenvalue weighted by atomic mass is 35.5. The fraction of sp³-hybridized carbons (Fsp3) is 0.571. The fourth-order valence-corrected chi connectivity index (χ4v) is 2.64. The average molecular weight is 289 g/mol. The zero-order valence-corrected chi connectivity index (χ0v) is 12.2. The molecule has 0 aromatic heterocycles. The van der Waals surface area contributed by atoms with Gasteiger partial charge in [0.1, 0.15) is 5.75 Å². The molecule has 1 aliphatic rings. The van der Waals surface area contributed by atoms with Crippen LogP contribution in [-0.4, -0.2) is 13.2 Å². The van der Waals surface area contributed by atoms with Crippen molar-refractivity contribution in [1.82, 2.24) is 5.32 Å². The third kappa shape index (κ3) is 4.34. The van der Waals surface area contributed by atoms with Crippen molar-refractivity contribution < 1.29 is 17.1 Å². The summed E-state index contributed by atoms with van der Waals surface area (Å²) >= 11 is 6.01. The second kappa shape index (κ2) is 7.88. The Balaban J connectivity index is 0.00000162. The molecule has 0 aliphatic heterocycles. The number of hydrogen-bond donors (Lipinski definition) is 1. The summed E-state index contributed by atoms with van der Waals surface area (Å²) in [5.41, 5.74) is 1.14. The van der Waals surface area contributed by atoms with Gasteiger partial charge in [0, 0.05) is 23.2 Å². The molecule has 2 rings (SSSR count). The Hall–Kier alpha value is -0.440. The highest BCUT2D eigenvalue weighted by molar-refractivity contribution is 6.30. The molecule has 0 amide bonds. The lowest BCUT2D eigenvalue weighted by molar-refractivity contribution is -0.00000382. The molecule has 1 saturated carbocycles. The first-order chi connectivity index (χ1) is 8.29. The molecule has 1 aromatic rings. The van der Waals surface area contributed by atoms with E-state index < -0.39 is 0 Å². The number of benzene rings is 1. The Bertz CT molecular complexity index is 365. The van der Waals surface area contributed by atoms with Crippen molar-refractivity contribution in [3.8, 4) is 5.75 Å². The molecule has 1 aromatic carbocycles. The number of halogens is 2. The van der Waals surface area contributed by atoms with Gasteiger partial charge in [-0.25, -0.2) is 0 Å². The number of nitrogens with one attached hydrogen (secondary N) is 1. The van der Waals surface area contributed by atoms with Crippen molar-refractivity contribution in [1.29, 1.82) is 0 Å². The number of ether oxygens (including phenoxy) is 1. The summed E-state index contributed by atoms with van der Waals surface area (Å²) in [5, 5.41) is 4.37. The first kappa shape index (κ1) is 15.6. The summed E-state index contributed by atoms with van der Waals surface area (Å²) in [6, 6.07) is 6.44. The summed E-state index contributed by atoms with van der Waals surface area (Å²) in [7, 11) is 1.70. The topological polar surface area (TPSA) is 21.3 Å². The molecule has 0 spiro atoms. The minimum absolute atomic E-state index is 0. The van der Waals surface area contributed by atoms with E-state index in [1.54, 1.807) is 7.11 Å². The van der Waals surface area contributed by atoms with Gasteiger partial charge in [0.05, 0.1) is 7.11 Å². The van der Waals surface area contributed by atoms with Gasteiger partial charge in [-0.15, -0.1) is 0 Å². The molecule has 18 heavy (non-hydrogen) atoms. The van der Waals surface area contributed by atoms with E-state index in [1.165, 1.54) is 32.1 Å². The van der Waals surface area contributed by atoms with Crippen LogP contribution in [-0.2, 0) is 6.54 Å². The van der Waals surface area contributed by atoms with Gasteiger partial charge >= 0.3 is 0 Å². The number of methoxy groups -OCH3 is 1. The minimum Gasteiger partial charge on any atom is -1.00 e. The molecule has 0 heterocycles. The molecule has 0 saturated heterocycles. The van der Waals surface area contributed by atoms with Crippen LogP contribution >= 0.6 is 11.6 Å². The normalized spacial score (nSPS) is 16.1. The lowest BCUT2D eigenvalue weighted by atomic mass is 9.95. The second-order valence-corrected chi connectivity index (χ2v) is 5.11. The summed E-state index contributed by atoms with van der Waals surface area (Å²) in [6.45, 7) is 0.842. The maximum Gasteiger partial charge on any atom is 0.123 e. The van der Waals surface area contributed by atoms with E-state index in [4.69, 9.17) is 16.3 Å². The predicted molar refractivity (Wildman–Crippen MR) is 71.7 cm³/mol. The molecular formula is C14H20Cl2NO-. The Morgan fingerprint density at radius 1 is 1.28 bits per heavy atom. The molecule has 4 heteroatoms. The van der Waals surface area contributed by atoms with E-state index >= 15 is 0 Å². The SMILES string of the molecule is COc1ccc(Cl)cc1CNC1CCCCC1.[Cl-]. The van der Waals surface area contributed by atoms with Crippen molar-refractivity contribution in [3.05, 3.63) is 28.8 Å². The molecule has 0 atom stereocenters. The average Bonchev–Trinajstić information content (AvgIpc) is 2.38. The van der Waals surface area contributed by atoms with E-state index in [0.717, 1.165) is 22.9 Å². The van der Waals surface area contributed by atoms with Gasteiger partial charge in [-0.3, -0.25) is 0 Å². The zero-order chi connectivity index (χ0) is 12.1. The van der Waals surface area contributed by atoms with Crippen LogP contribution in [0.25, 0.3) is 0 Å². The van der Waals surface area contributed by atoms with Gasteiger partial charge in [0.15, 0.2) is 0 Å². The van der Waals surface area contributed by atoms with E-state index in [1.807, 2.05) is 18.2 Å². The largest absolute Gasteiger partial charge is 1.00 e. The lowest BCUT2D eigenvalue weighted by Gasteiger charge is -2.23. The van der Waals surface area contributed by atoms with Crippen LogP contribution in [0.4, 0.5) is 0 Å². The van der Waals surface area contributed by atoms with Crippen LogP contribution in [0.15, 0.2) is 18.2 Å². The summed E-state index contributed by atoms with van der Waals surface area (Å²) in [5.74, 6) is 0.915. The lowest BCUT2D eigenvalue weighted by Crippen LogP contribution is -3.00. The Morgan fingerprint density at radius 2 is 2.00 bits per heavy atom. The molecule has 1 fully saturated rings. The maximum atomic E-state index is 6.01. The van der Waals surface area contributed by atoms with Crippen LogP contribution in [0, 0.1) is 0 Å². The summed E-state index contributed by atoms with van der Waals surface area (Å²) < 4.78 is 5.34. The smallest absolute Gasteiger partial charge is 0.123 e. The van der Waals surface area contributed by atoms with Crippen LogP contribution in [0.5, 0.6) is 5.75 Å². The van der Waals surface area contributed by atoms with Crippen molar-refractivity contribution in [2.24, 2.45) is 0 Å². The zero-order valence-electron chi connectivity index (χ0n) is 10.7. The van der Waals surface area contributed by atoms with Gasteiger partial charge in [0.25, 0.3) is 0 Å². The highest BCUT2D eigenvalue weighted by Gasteiger charge is 2.13. The van der Waals surface area contributed by atoms with Gasteiger partial charge in [-0.1, -0.05) is 30.9 Å². The van der Waals surface area contributed by atoms with Crippen LogP contribution < -0.4 is 22.5 Å². The van der Waals surface area contributed by atoms with E-state index in [2.05, 4.69) is 5.32 Å². The molecule has 0 bridgehead atoms. The first-order valence-electron chi connectivity index (χ1n) is 6.35. The van der Waals surface area contributed by atoms with Gasteiger partial charge in [-0.2, -0.15) is 0 Å². The van der Waals surface area contributed by atoms with Crippen molar-refractivity contribution in [2.45, 2.75) is 44.7 Å². The van der Waals surface area contributed by atoms with Gasteiger partial charge < -0.3 is 22.5 Å². The fourth-order valence-electron chi connectivity index (χ4n) is 2.45. The van der Waals surface area contributed by atoms with E-state index in [9.17, 15) is 0 Å². The molecule has 1 N–H and O–H groups in total. The molecular weight excluding hydrogens is 269 g/mol. The van der Waals surface area contributed by atoms with Crippen LogP contribution in [0.2, 0.25) is 5.02 Å². The van der Waals surface area contributed by atoms with Crippen LogP contribution in [0.1, 0.15) is 37.7 Å². The molecule has 102 valence electrons. The van der Waals surface area contributed by atoms with E-state index in [0.29, 0.717) is 6.04 Å². The molecule has 0 unspecified atom stereocenters. The molecule has 2 nitrogen and oxygen atoms in total. The second-order valence-electron chi connectivity index (χ2n) is 4.67. The van der Waals surface area contributed by atoms with Crippen LogP contribution in [0.3, 0.4) is 0 Å². The Labute approximate surface area is 120 Å². The third-order valence-corrected chi connectivity index (χ3v) is 3.66. The summed E-state index contributed by atoms with van der Waals surface area (Å²) in [6.07, 6.45) is 6.68. The minimum atomic E-state index is 0. The predicted octanol–water partition coefficient (Wildman–Crippen LogP) is 0.775. The van der Waals surface area contributed by atoms with Gasteiger partial charge in [0.2, 0.25) is 0 Å². The number of hydrogen-bond acceptors (Lipinski definition) is 2. The van der Waals surface area contributed by atoms with Crippen molar-refractivity contribution in [3.63, 3.8) is 0 Å². The molecule has 1 aliphatic carbocycles. The molecule has 0 radical (unpaired) electrons. The summed E-state index contributed by atoms with van der Waals surface area (Å²) in [4.78, 5) is 0. The standard InChI is InChI=1S/C14H20ClNO.ClH/c1-17-14-8-7-12(15)9-11(14)10-16-13-5-3-2-4-6-13;/h7-9,13,16H,2-6,10H2,1H3;1H/p-1. The highest BCUT2D eigenvalue weighted by Crippen LogP contribution is 2.23. The maximum absolute atomic E-state index is 6.01. The monoisotopic (exact) mass is 288 g/mol. The van der Waals surface area contributed by atoms with E-state index in [-0.39, 0.29) is 12.4 Å².